The molecule has 12 heteroatoms. The van der Waals surface area contributed by atoms with Gasteiger partial charge in [0.05, 0.1) is 23.5 Å². The van der Waals surface area contributed by atoms with Crippen LogP contribution in [0.25, 0.3) is 6.08 Å². The van der Waals surface area contributed by atoms with Gasteiger partial charge in [0, 0.05) is 0 Å². The van der Waals surface area contributed by atoms with Crippen molar-refractivity contribution in [1.29, 1.82) is 5.41 Å². The van der Waals surface area contributed by atoms with Crippen LogP contribution < -0.4 is 9.47 Å². The monoisotopic (exact) mass is 526 g/mol. The number of carbonyl (C=O) groups is 2. The third-order valence-corrected chi connectivity index (χ3v) is 8.24. The summed E-state index contributed by atoms with van der Waals surface area (Å²) in [5.41, 5.74) is 1.81. The Labute approximate surface area is 212 Å². The minimum absolute atomic E-state index is 0.0162. The standard InChI is InChI=1S/C24H22N4O6S2/c1-4-33-19-13-15(8-11-18(19)34-22(30)16-9-6-14(3)7-10-16)12-17-20(25)28-23(26-21(17)29)35-24(27-28)36(31,32)5-2/h6-13,25H,4-5H2,1-3H3. The molecule has 1 N–H and O–H groups in total. The van der Waals surface area contributed by atoms with E-state index in [2.05, 4.69) is 10.1 Å². The van der Waals surface area contributed by atoms with Crippen LogP contribution >= 0.6 is 11.8 Å². The fourth-order valence-electron chi connectivity index (χ4n) is 3.21. The van der Waals surface area contributed by atoms with Crippen molar-refractivity contribution in [3.05, 3.63) is 64.7 Å². The molecule has 4 rings (SSSR count). The number of aliphatic imine (C=N–C) groups is 1. The van der Waals surface area contributed by atoms with E-state index in [-0.39, 0.29) is 38.2 Å². The third kappa shape index (κ3) is 5.09. The molecule has 0 spiro atoms. The van der Waals surface area contributed by atoms with Gasteiger partial charge in [-0.1, -0.05) is 30.7 Å². The average molecular weight is 527 g/mol. The van der Waals surface area contributed by atoms with Crippen LogP contribution in [-0.2, 0) is 14.6 Å². The number of ether oxygens (including phenoxy) is 2. The van der Waals surface area contributed by atoms with Crippen molar-refractivity contribution in [3.63, 3.8) is 0 Å². The second kappa shape index (κ2) is 10.1. The first-order valence-electron chi connectivity index (χ1n) is 10.9. The Hall–Kier alpha value is -3.77. The van der Waals surface area contributed by atoms with Gasteiger partial charge < -0.3 is 9.47 Å². The zero-order valence-corrected chi connectivity index (χ0v) is 21.3. The van der Waals surface area contributed by atoms with Crippen molar-refractivity contribution in [1.82, 2.24) is 5.01 Å². The Bertz CT molecular complexity index is 1460. The van der Waals surface area contributed by atoms with E-state index in [9.17, 15) is 18.0 Å². The summed E-state index contributed by atoms with van der Waals surface area (Å²) in [5.74, 6) is -1.23. The molecule has 0 aliphatic carbocycles. The minimum Gasteiger partial charge on any atom is -0.490 e. The van der Waals surface area contributed by atoms with Gasteiger partial charge >= 0.3 is 5.97 Å². The molecule has 2 heterocycles. The number of amidine groups is 2. The maximum absolute atomic E-state index is 12.6. The van der Waals surface area contributed by atoms with Gasteiger partial charge in [0.1, 0.15) is 0 Å². The highest BCUT2D eigenvalue weighted by Crippen LogP contribution is 2.33. The number of carbonyl (C=O) groups excluding carboxylic acids is 2. The number of hydrogen-bond donors (Lipinski definition) is 1. The molecule has 2 aromatic rings. The summed E-state index contributed by atoms with van der Waals surface area (Å²) in [6.45, 7) is 5.47. The van der Waals surface area contributed by atoms with Crippen molar-refractivity contribution < 1.29 is 27.5 Å². The number of nitrogens with one attached hydrogen (secondary N) is 1. The van der Waals surface area contributed by atoms with E-state index in [0.717, 1.165) is 22.3 Å². The van der Waals surface area contributed by atoms with Crippen molar-refractivity contribution >= 4 is 54.9 Å². The third-order valence-electron chi connectivity index (χ3n) is 5.15. The van der Waals surface area contributed by atoms with E-state index >= 15 is 0 Å². The molecule has 0 atom stereocenters. The lowest BCUT2D eigenvalue weighted by atomic mass is 10.1. The van der Waals surface area contributed by atoms with Crippen LogP contribution in [-0.4, -0.2) is 53.0 Å². The molecule has 2 aliphatic rings. The van der Waals surface area contributed by atoms with Crippen molar-refractivity contribution in [2.75, 3.05) is 12.4 Å². The van der Waals surface area contributed by atoms with E-state index < -0.39 is 21.7 Å². The second-order valence-corrected chi connectivity index (χ2v) is 11.1. The Kier molecular flexibility index (Phi) is 7.09. The summed E-state index contributed by atoms with van der Waals surface area (Å²) < 4.78 is 35.3. The summed E-state index contributed by atoms with van der Waals surface area (Å²) in [7, 11) is -3.62. The molecule has 0 saturated heterocycles. The van der Waals surface area contributed by atoms with Crippen LogP contribution in [0.1, 0.15) is 35.3 Å². The SMILES string of the molecule is CCOc1cc(C=C2C(=N)N3N=C(S(=O)(=O)CC)SC3=NC2=O)ccc1OC(=O)c1ccc(C)cc1. The lowest BCUT2D eigenvalue weighted by molar-refractivity contribution is -0.114. The number of sulfone groups is 1. The van der Waals surface area contributed by atoms with Crippen LogP contribution in [0.15, 0.2) is 58.1 Å². The number of esters is 1. The van der Waals surface area contributed by atoms with Crippen LogP contribution in [0, 0.1) is 12.3 Å². The second-order valence-electron chi connectivity index (χ2n) is 7.68. The first kappa shape index (κ1) is 25.3. The lowest BCUT2D eigenvalue weighted by Gasteiger charge is -2.20. The van der Waals surface area contributed by atoms with E-state index in [1.165, 1.54) is 19.1 Å². The number of amides is 1. The van der Waals surface area contributed by atoms with E-state index in [0.29, 0.717) is 17.7 Å². The fourth-order valence-corrected chi connectivity index (χ4v) is 5.37. The van der Waals surface area contributed by atoms with Crippen molar-refractivity contribution in [2.24, 2.45) is 10.1 Å². The molecule has 186 valence electrons. The smallest absolute Gasteiger partial charge is 0.343 e. The maximum atomic E-state index is 12.6. The van der Waals surface area contributed by atoms with E-state index in [1.54, 1.807) is 31.2 Å². The molecule has 2 aliphatic heterocycles. The number of rotatable bonds is 6. The topological polar surface area (TPSA) is 139 Å². The van der Waals surface area contributed by atoms with Crippen LogP contribution in [0.4, 0.5) is 0 Å². The lowest BCUT2D eigenvalue weighted by Crippen LogP contribution is -2.35. The van der Waals surface area contributed by atoms with Gasteiger partial charge in [-0.3, -0.25) is 10.2 Å². The zero-order chi connectivity index (χ0) is 26.0. The molecular formula is C24H22N4O6S2. The summed E-state index contributed by atoms with van der Waals surface area (Å²) in [6.07, 6.45) is 1.42. The van der Waals surface area contributed by atoms with Gasteiger partial charge in [-0.25, -0.2) is 13.2 Å². The van der Waals surface area contributed by atoms with Crippen molar-refractivity contribution in [3.8, 4) is 11.5 Å². The van der Waals surface area contributed by atoms with E-state index in [1.807, 2.05) is 19.1 Å². The molecule has 0 fully saturated rings. The molecule has 0 saturated carbocycles. The number of benzene rings is 2. The van der Waals surface area contributed by atoms with Crippen LogP contribution in [0.2, 0.25) is 0 Å². The van der Waals surface area contributed by atoms with E-state index in [4.69, 9.17) is 14.9 Å². The van der Waals surface area contributed by atoms with Gasteiger partial charge in [-0.05, 0) is 61.5 Å². The molecule has 10 nitrogen and oxygen atoms in total. The summed E-state index contributed by atoms with van der Waals surface area (Å²) in [6, 6.07) is 11.7. The molecule has 0 aromatic heterocycles. The first-order valence-corrected chi connectivity index (χ1v) is 13.4. The summed E-state index contributed by atoms with van der Waals surface area (Å²) >= 11 is 0.738. The van der Waals surface area contributed by atoms with Gasteiger partial charge in [0.15, 0.2) is 17.3 Å². The largest absolute Gasteiger partial charge is 0.490 e. The summed E-state index contributed by atoms with van der Waals surface area (Å²) in [4.78, 5) is 29.1. The number of fused-ring (bicyclic) bond motifs is 1. The molecule has 1 amide bonds. The maximum Gasteiger partial charge on any atom is 0.343 e. The highest BCUT2D eigenvalue weighted by Gasteiger charge is 2.39. The number of aryl methyl sites for hydroxylation is 1. The Balaban J connectivity index is 1.62. The van der Waals surface area contributed by atoms with Gasteiger partial charge in [-0.15, -0.1) is 5.10 Å². The predicted molar refractivity (Wildman–Crippen MR) is 138 cm³/mol. The molecule has 0 bridgehead atoms. The normalized spacial score (nSPS) is 16.5. The Morgan fingerprint density at radius 2 is 1.86 bits per heavy atom. The number of hydrogen-bond acceptors (Lipinski definition) is 9. The Morgan fingerprint density at radius 1 is 1.14 bits per heavy atom. The molecule has 36 heavy (non-hydrogen) atoms. The fraction of sp³-hybridized carbons (Fsp3) is 0.208. The minimum atomic E-state index is -3.62. The molecule has 0 unspecified atom stereocenters. The Morgan fingerprint density at radius 3 is 2.53 bits per heavy atom. The molecular weight excluding hydrogens is 504 g/mol. The van der Waals surface area contributed by atoms with Gasteiger partial charge in [0.25, 0.3) is 5.91 Å². The zero-order valence-electron chi connectivity index (χ0n) is 19.6. The highest BCUT2D eigenvalue weighted by atomic mass is 32.3. The summed E-state index contributed by atoms with van der Waals surface area (Å²) in [5, 5.41) is 13.5. The van der Waals surface area contributed by atoms with Gasteiger partial charge in [-0.2, -0.15) is 10.0 Å². The predicted octanol–water partition coefficient (Wildman–Crippen LogP) is 3.62. The highest BCUT2D eigenvalue weighted by molar-refractivity contribution is 8.42. The molecule has 2 aromatic carbocycles. The first-order chi connectivity index (χ1) is 17.1. The van der Waals surface area contributed by atoms with Gasteiger partial charge in [0.2, 0.25) is 19.4 Å². The number of thioether (sulfide) groups is 1. The number of hydrazone groups is 1. The van der Waals surface area contributed by atoms with Crippen LogP contribution in [0.3, 0.4) is 0 Å². The molecule has 0 radical (unpaired) electrons. The average Bonchev–Trinajstić information content (AvgIpc) is 3.29. The quantitative estimate of drug-likeness (QED) is 0.342. The van der Waals surface area contributed by atoms with Crippen molar-refractivity contribution in [2.45, 2.75) is 20.8 Å². The van der Waals surface area contributed by atoms with Crippen LogP contribution in [0.5, 0.6) is 11.5 Å². The number of nitrogens with zero attached hydrogens (tertiary/aromatic N) is 3.